The fourth-order valence-electron chi connectivity index (χ4n) is 7.94. The minimum atomic E-state index is -4.95. The van der Waals surface area contributed by atoms with Crippen LogP contribution < -0.4 is 93.6 Å². The number of allylic oxidation sites excluding steroid dienone is 4. The van der Waals surface area contributed by atoms with Gasteiger partial charge in [0.05, 0.1) is 55.3 Å². The second-order valence-corrected chi connectivity index (χ2v) is 20.9. The second-order valence-electron chi connectivity index (χ2n) is 15.1. The van der Waals surface area contributed by atoms with E-state index in [0.717, 1.165) is 12.1 Å². The van der Waals surface area contributed by atoms with Crippen molar-refractivity contribution in [3.8, 4) is 0 Å². The molecule has 18 nitrogen and oxygen atoms in total. The van der Waals surface area contributed by atoms with Crippen LogP contribution in [-0.2, 0) is 65.6 Å². The maximum absolute atomic E-state index is 12.2. The number of hydrogen-bond donors (Lipinski definition) is 1. The number of rotatable bonds is 24. The first-order valence-corrected chi connectivity index (χ1v) is 25.0. The maximum Gasteiger partial charge on any atom is 1.00 e. The predicted octanol–water partition coefficient (Wildman–Crippen LogP) is -5.96. The number of methoxy groups -OCH3 is 1. The third-order valence-electron chi connectivity index (χ3n) is 10.8. The molecule has 4 rings (SSSR count). The zero-order chi connectivity index (χ0) is 44.7. The van der Waals surface area contributed by atoms with Crippen LogP contribution in [0.25, 0.3) is 0 Å². The number of unbranched alkanes of at least 4 members (excludes halogenated alkanes) is 2. The molecule has 2 heterocycles. The largest absolute Gasteiger partial charge is 1.00 e. The topological polar surface area (TPSA) is 291 Å². The van der Waals surface area contributed by atoms with Gasteiger partial charge < -0.3 is 37.7 Å². The number of nitrogens with zero attached hydrogens (tertiary/aromatic N) is 2. The summed E-state index contributed by atoms with van der Waals surface area (Å²) in [5.41, 5.74) is 0.379. The fourth-order valence-corrected chi connectivity index (χ4v) is 9.93. The van der Waals surface area contributed by atoms with Crippen molar-refractivity contribution in [3.63, 3.8) is 0 Å². The number of carboxylic acids is 1. The molecule has 25 heteroatoms. The van der Waals surface area contributed by atoms with E-state index in [1.165, 1.54) is 31.4 Å². The van der Waals surface area contributed by atoms with Gasteiger partial charge in [0, 0.05) is 72.5 Å². The van der Waals surface area contributed by atoms with E-state index in [9.17, 15) is 56.7 Å². The molecule has 334 valence electrons. The van der Waals surface area contributed by atoms with E-state index in [0.29, 0.717) is 59.8 Å². The van der Waals surface area contributed by atoms with Gasteiger partial charge in [-0.3, -0.25) is 4.79 Å². The van der Waals surface area contributed by atoms with Crippen LogP contribution in [0.5, 0.6) is 0 Å². The molecule has 1 N–H and O–H groups in total. The van der Waals surface area contributed by atoms with E-state index in [2.05, 4.69) is 0 Å². The number of hydrogen-bond acceptors (Lipinski definition) is 16. The number of carboxylic acid groups (broad SMARTS) is 1. The molecule has 2 atom stereocenters. The molecule has 2 aromatic rings. The quantitative estimate of drug-likeness (QED) is 0.0443. The van der Waals surface area contributed by atoms with Crippen LogP contribution in [0.4, 0.5) is 11.4 Å². The number of ether oxygens (including phenoxy) is 2. The third kappa shape index (κ3) is 16.6. The maximum atomic E-state index is 12.2. The fraction of sp³-hybridized carbons (Fsp3) is 0.526. The summed E-state index contributed by atoms with van der Waals surface area (Å²) in [6.45, 7) is 4.59. The first-order valence-electron chi connectivity index (χ1n) is 19.0. The summed E-state index contributed by atoms with van der Waals surface area (Å²) in [5.74, 6) is -2.42. The summed E-state index contributed by atoms with van der Waals surface area (Å²) in [7, 11) is -17.7. The molecule has 63 heavy (non-hydrogen) atoms. The molecule has 0 aromatic heterocycles. The van der Waals surface area contributed by atoms with Crippen LogP contribution in [0.15, 0.2) is 70.1 Å². The number of aliphatic carboxylic acids is 1. The van der Waals surface area contributed by atoms with Gasteiger partial charge in [0.2, 0.25) is 5.69 Å². The average Bonchev–Trinajstić information content (AvgIpc) is 3.49. The Morgan fingerprint density at radius 2 is 1.30 bits per heavy atom. The Bertz CT molecular complexity index is 2480. The monoisotopic (exact) mass is 986 g/mol. The van der Waals surface area contributed by atoms with E-state index in [4.69, 9.17) is 14.6 Å². The summed E-state index contributed by atoms with van der Waals surface area (Å²) in [6, 6.07) is 7.68. The molecule has 0 bridgehead atoms. The SMILES string of the molecule is COCCOCCN1/C(=C/C=C/C2=[N+](CCCCCC(=O)O)c3ccc(S(=O)(=O)[O-])cc3C2(C)CCCS(=O)(=O)[O-])C(C)(CCCS(=O)(=O)[O-])c2cc(S(=O)(=O)[O-])ccc21.[Na+].[Na+].[Na+]. The van der Waals surface area contributed by atoms with Crippen molar-refractivity contribution >= 4 is 63.5 Å². The predicted molar refractivity (Wildman–Crippen MR) is 214 cm³/mol. The van der Waals surface area contributed by atoms with Gasteiger partial charge in [-0.05, 0) is 94.3 Å². The summed E-state index contributed by atoms with van der Waals surface area (Å²) in [5, 5.41) is 9.15. The van der Waals surface area contributed by atoms with Crippen molar-refractivity contribution in [2.24, 2.45) is 0 Å². The smallest absolute Gasteiger partial charge is 0.748 e. The first-order chi connectivity index (χ1) is 27.8. The van der Waals surface area contributed by atoms with E-state index in [1.807, 2.05) is 9.48 Å². The summed E-state index contributed by atoms with van der Waals surface area (Å²) in [4.78, 5) is 11.9. The van der Waals surface area contributed by atoms with Crippen LogP contribution in [-0.4, -0.2) is 125 Å². The molecule has 2 unspecified atom stereocenters. The van der Waals surface area contributed by atoms with Gasteiger partial charge in [-0.15, -0.1) is 0 Å². The number of fused-ring (bicyclic) bond motifs is 2. The number of benzene rings is 2. The molecule has 0 aliphatic carbocycles. The van der Waals surface area contributed by atoms with Crippen LogP contribution in [0, 0.1) is 0 Å². The van der Waals surface area contributed by atoms with Crippen molar-refractivity contribution in [1.29, 1.82) is 0 Å². The van der Waals surface area contributed by atoms with Crippen molar-refractivity contribution in [2.45, 2.75) is 85.8 Å². The summed E-state index contributed by atoms with van der Waals surface area (Å²) in [6.07, 6.45) is 6.03. The average molecular weight is 987 g/mol. The molecule has 2 aliphatic heterocycles. The molecule has 0 spiro atoms. The van der Waals surface area contributed by atoms with E-state index in [-0.39, 0.29) is 147 Å². The Kier molecular flexibility index (Phi) is 24.1. The van der Waals surface area contributed by atoms with E-state index < -0.39 is 78.6 Å². The van der Waals surface area contributed by atoms with Crippen LogP contribution in [0.3, 0.4) is 0 Å². The van der Waals surface area contributed by atoms with Crippen molar-refractivity contribution in [2.75, 3.05) is 56.4 Å². The van der Waals surface area contributed by atoms with Gasteiger partial charge in [-0.1, -0.05) is 6.08 Å². The molecule has 0 radical (unpaired) electrons. The zero-order valence-electron chi connectivity index (χ0n) is 36.4. The van der Waals surface area contributed by atoms with Crippen LogP contribution >= 0.6 is 0 Å². The second kappa shape index (κ2) is 25.2. The molecule has 0 fully saturated rings. The van der Waals surface area contributed by atoms with E-state index in [1.54, 1.807) is 32.1 Å². The third-order valence-corrected chi connectivity index (χ3v) is 14.0. The van der Waals surface area contributed by atoms with Crippen molar-refractivity contribution in [3.05, 3.63) is 71.5 Å². The Morgan fingerprint density at radius 1 is 0.746 bits per heavy atom. The van der Waals surface area contributed by atoms with E-state index >= 15 is 0 Å². The normalized spacial score (nSPS) is 19.4. The summed E-state index contributed by atoms with van der Waals surface area (Å²) < 4.78 is 156. The molecule has 2 aliphatic rings. The van der Waals surface area contributed by atoms with Gasteiger partial charge in [0.15, 0.2) is 5.71 Å². The van der Waals surface area contributed by atoms with Crippen LogP contribution in [0.2, 0.25) is 0 Å². The standard InChI is InChI=1S/C38H52N2O16S4.3Na/c1-37(17-8-24-57(43,44)45)30-26-28(59(49,50)51)13-15-32(30)39(19-6-4-5-12-36(41)42)34(37)10-7-11-35-38(2,18-9-25-58(46,47)48)31-27-29(60(52,53)54)14-16-33(31)40(35)20-21-56-23-22-55-3;;;/h7,10-11,13-16,26-27H,4-6,8-9,12,17-25H2,1-3H3,(H4-,41,42,43,44,45,46,47,48,49,50,51,52,53,54);;;/q;3*+1/p-3. The minimum absolute atomic E-state index is 0. The van der Waals surface area contributed by atoms with Crippen LogP contribution in [0.1, 0.15) is 76.3 Å². The van der Waals surface area contributed by atoms with Gasteiger partial charge in [-0.25, -0.2) is 33.7 Å². The summed E-state index contributed by atoms with van der Waals surface area (Å²) >= 11 is 0. The molecule has 0 amide bonds. The zero-order valence-corrected chi connectivity index (χ0v) is 45.7. The Morgan fingerprint density at radius 3 is 1.84 bits per heavy atom. The van der Waals surface area contributed by atoms with Crippen molar-refractivity contribution < 1.29 is 165 Å². The minimum Gasteiger partial charge on any atom is -0.748 e. The molecular formula is C38H49N2Na3O16S4. The molecule has 2 aromatic carbocycles. The van der Waals surface area contributed by atoms with Gasteiger partial charge >= 0.3 is 94.6 Å². The molecule has 0 saturated heterocycles. The molecule has 0 saturated carbocycles. The number of carbonyl (C=O) groups is 1. The van der Waals surface area contributed by atoms with Gasteiger partial charge in [-0.2, -0.15) is 4.58 Å². The Hall–Kier alpha value is -0.580. The van der Waals surface area contributed by atoms with Gasteiger partial charge in [0.25, 0.3) is 0 Å². The Balaban J connectivity index is 0.00000661. The number of anilines is 1. The molecular weight excluding hydrogens is 938 g/mol. The first kappa shape index (κ1) is 60.4. The Labute approximate surface area is 436 Å². The van der Waals surface area contributed by atoms with Gasteiger partial charge in [0.1, 0.15) is 26.8 Å². The van der Waals surface area contributed by atoms with Crippen molar-refractivity contribution in [1.82, 2.24) is 0 Å².